The largest absolute Gasteiger partial charge is 0.441 e. The van der Waals surface area contributed by atoms with Gasteiger partial charge in [-0.15, -0.1) is 16.3 Å². The van der Waals surface area contributed by atoms with Gasteiger partial charge in [-0.25, -0.2) is 4.79 Å². The topological polar surface area (TPSA) is 96.0 Å². The summed E-state index contributed by atoms with van der Waals surface area (Å²) in [5.41, 5.74) is -0.141. The van der Waals surface area contributed by atoms with E-state index < -0.39 is 11.0 Å². The van der Waals surface area contributed by atoms with Crippen molar-refractivity contribution in [2.45, 2.75) is 51.7 Å². The maximum Gasteiger partial charge on any atom is 0.441 e. The molecule has 1 aromatic carbocycles. The van der Waals surface area contributed by atoms with Gasteiger partial charge in [-0.05, 0) is 30.4 Å². The molecule has 0 radical (unpaired) electrons. The quantitative estimate of drug-likeness (QED) is 0.565. The fraction of sp³-hybridized carbons (Fsp3) is 0.474. The molecule has 1 aromatic heterocycles. The van der Waals surface area contributed by atoms with Gasteiger partial charge in [0.25, 0.3) is 5.69 Å². The summed E-state index contributed by atoms with van der Waals surface area (Å²) in [4.78, 5) is 28.3. The second-order valence-corrected chi connectivity index (χ2v) is 8.66. The minimum absolute atomic E-state index is 0.0702. The first-order valence-electron chi connectivity index (χ1n) is 9.06. The van der Waals surface area contributed by atoms with Gasteiger partial charge < -0.3 is 14.0 Å². The van der Waals surface area contributed by atoms with Crippen molar-refractivity contribution in [3.05, 3.63) is 50.3 Å². The van der Waals surface area contributed by atoms with Crippen LogP contribution in [0.5, 0.6) is 5.75 Å². The van der Waals surface area contributed by atoms with Crippen molar-refractivity contribution in [2.75, 3.05) is 6.61 Å². The molecule has 1 atom stereocenters. The molecular formula is C19H23N3O5S. The molecule has 150 valence electrons. The number of hydrogen-bond acceptors (Lipinski definition) is 6. The molecule has 1 aliphatic rings. The Morgan fingerprint density at radius 3 is 2.68 bits per heavy atom. The van der Waals surface area contributed by atoms with Gasteiger partial charge >= 0.3 is 6.09 Å². The first kappa shape index (κ1) is 20.2. The van der Waals surface area contributed by atoms with E-state index in [0.29, 0.717) is 11.3 Å². The summed E-state index contributed by atoms with van der Waals surface area (Å²) in [6, 6.07) is 5.31. The first-order valence-corrected chi connectivity index (χ1v) is 9.87. The molecule has 1 fully saturated rings. The van der Waals surface area contributed by atoms with Crippen LogP contribution in [0.1, 0.15) is 38.5 Å². The average molecular weight is 405 g/mol. The summed E-state index contributed by atoms with van der Waals surface area (Å²) < 4.78 is 12.9. The zero-order chi connectivity index (χ0) is 20.3. The molecule has 8 nitrogen and oxygen atoms in total. The van der Waals surface area contributed by atoms with Crippen molar-refractivity contribution < 1.29 is 19.2 Å². The first-order chi connectivity index (χ1) is 13.2. The number of non-ortho nitro benzene ring substituents is 1. The van der Waals surface area contributed by atoms with Crippen molar-refractivity contribution in [3.8, 4) is 5.75 Å². The summed E-state index contributed by atoms with van der Waals surface area (Å²) in [5, 5.41) is 10.7. The third-order valence-corrected chi connectivity index (χ3v) is 5.77. The Labute approximate surface area is 166 Å². The highest BCUT2D eigenvalue weighted by Crippen LogP contribution is 2.25. The number of carbonyl (C=O) groups excluding carboxylic acids is 1. The summed E-state index contributed by atoms with van der Waals surface area (Å²) in [6.45, 7) is 7.71. The Morgan fingerprint density at radius 2 is 2.11 bits per heavy atom. The third kappa shape index (κ3) is 5.05. The number of thiazole rings is 1. The lowest BCUT2D eigenvalue weighted by atomic mass is 9.95. The Morgan fingerprint density at radius 1 is 1.39 bits per heavy atom. The van der Waals surface area contributed by atoms with Crippen LogP contribution in [0.3, 0.4) is 0 Å². The van der Waals surface area contributed by atoms with E-state index in [2.05, 4.69) is 25.8 Å². The van der Waals surface area contributed by atoms with Gasteiger partial charge in [-0.3, -0.25) is 10.1 Å². The van der Waals surface area contributed by atoms with Gasteiger partial charge in [0.2, 0.25) is 0 Å². The van der Waals surface area contributed by atoms with Crippen molar-refractivity contribution in [1.82, 2.24) is 4.57 Å². The molecule has 3 rings (SSSR count). The lowest BCUT2D eigenvalue weighted by Gasteiger charge is -2.15. The zero-order valence-corrected chi connectivity index (χ0v) is 16.9. The van der Waals surface area contributed by atoms with E-state index >= 15 is 0 Å². The SMILES string of the molecule is CC(C)(C)c1cn(CC2CCCO2)/c(=N\C(=O)Oc2ccc([N+](=O)[O-])cc2)s1. The van der Waals surface area contributed by atoms with Crippen molar-refractivity contribution in [2.24, 2.45) is 4.99 Å². The summed E-state index contributed by atoms with van der Waals surface area (Å²) in [5.74, 6) is 0.206. The maximum absolute atomic E-state index is 12.3. The highest BCUT2D eigenvalue weighted by atomic mass is 32.1. The van der Waals surface area contributed by atoms with Crippen LogP contribution < -0.4 is 9.54 Å². The van der Waals surface area contributed by atoms with Crippen LogP contribution in [0.4, 0.5) is 10.5 Å². The minimum Gasteiger partial charge on any atom is -0.409 e. The van der Waals surface area contributed by atoms with E-state index in [9.17, 15) is 14.9 Å². The number of nitro groups is 1. The molecule has 1 aliphatic heterocycles. The predicted octanol–water partition coefficient (Wildman–Crippen LogP) is 4.03. The fourth-order valence-electron chi connectivity index (χ4n) is 2.79. The van der Waals surface area contributed by atoms with E-state index in [1.54, 1.807) is 0 Å². The Hall–Kier alpha value is -2.52. The molecule has 1 amide bonds. The van der Waals surface area contributed by atoms with Gasteiger partial charge in [0.1, 0.15) is 5.75 Å². The molecule has 28 heavy (non-hydrogen) atoms. The number of amides is 1. The van der Waals surface area contributed by atoms with Gasteiger partial charge in [0, 0.05) is 29.8 Å². The van der Waals surface area contributed by atoms with E-state index in [1.165, 1.54) is 35.6 Å². The molecule has 0 N–H and O–H groups in total. The second kappa shape index (κ2) is 8.24. The normalized spacial score (nSPS) is 17.7. The Kier molecular flexibility index (Phi) is 5.95. The fourth-order valence-corrected chi connectivity index (χ4v) is 3.84. The number of rotatable bonds is 4. The van der Waals surface area contributed by atoms with Gasteiger partial charge in [-0.1, -0.05) is 20.8 Å². The van der Waals surface area contributed by atoms with E-state index in [-0.39, 0.29) is 23.0 Å². The summed E-state index contributed by atoms with van der Waals surface area (Å²) >= 11 is 1.45. The number of nitro benzene ring substituents is 1. The zero-order valence-electron chi connectivity index (χ0n) is 16.1. The molecule has 0 aliphatic carbocycles. The van der Waals surface area contributed by atoms with E-state index in [0.717, 1.165) is 24.3 Å². The molecule has 0 saturated carbocycles. The molecule has 9 heteroatoms. The maximum atomic E-state index is 12.3. The number of hydrogen-bond donors (Lipinski definition) is 0. The number of carbonyl (C=O) groups is 1. The standard InChI is InChI=1S/C19H23N3O5S/c1-19(2,3)16-12-21(11-15-5-4-10-26-15)17(28-16)20-18(23)27-14-8-6-13(7-9-14)22(24)25/h6-9,12,15H,4-5,10-11H2,1-3H3/b20-17+. The highest BCUT2D eigenvalue weighted by molar-refractivity contribution is 7.09. The number of nitrogens with zero attached hydrogens (tertiary/aromatic N) is 3. The van der Waals surface area contributed by atoms with Crippen LogP contribution in [0.15, 0.2) is 35.5 Å². The van der Waals surface area contributed by atoms with Crippen LogP contribution in [0.2, 0.25) is 0 Å². The van der Waals surface area contributed by atoms with Gasteiger partial charge in [-0.2, -0.15) is 0 Å². The number of benzene rings is 1. The van der Waals surface area contributed by atoms with Crippen LogP contribution in [0, 0.1) is 10.1 Å². The molecular weight excluding hydrogens is 382 g/mol. The lowest BCUT2D eigenvalue weighted by molar-refractivity contribution is -0.384. The molecule has 1 saturated heterocycles. The molecule has 0 bridgehead atoms. The molecule has 2 aromatic rings. The van der Waals surface area contributed by atoms with E-state index in [4.69, 9.17) is 9.47 Å². The predicted molar refractivity (Wildman–Crippen MR) is 105 cm³/mol. The van der Waals surface area contributed by atoms with E-state index in [1.807, 2.05) is 10.8 Å². The van der Waals surface area contributed by atoms with Gasteiger partial charge in [0.15, 0.2) is 4.80 Å². The van der Waals surface area contributed by atoms with Crippen LogP contribution in [0.25, 0.3) is 0 Å². The second-order valence-electron chi connectivity index (χ2n) is 7.65. The Balaban J connectivity index is 1.82. The summed E-state index contributed by atoms with van der Waals surface area (Å²) in [7, 11) is 0. The third-order valence-electron chi connectivity index (χ3n) is 4.32. The smallest absolute Gasteiger partial charge is 0.409 e. The molecule has 1 unspecified atom stereocenters. The average Bonchev–Trinajstić information content (AvgIpc) is 3.26. The monoisotopic (exact) mass is 405 g/mol. The summed E-state index contributed by atoms with van der Waals surface area (Å²) in [6.07, 6.45) is 3.39. The number of ether oxygens (including phenoxy) is 2. The minimum atomic E-state index is -0.766. The molecule has 0 spiro atoms. The Bertz CT molecular complexity index is 918. The van der Waals surface area contributed by atoms with Gasteiger partial charge in [0.05, 0.1) is 17.6 Å². The lowest BCUT2D eigenvalue weighted by Crippen LogP contribution is -2.24. The number of aromatic nitrogens is 1. The van der Waals surface area contributed by atoms with Crippen molar-refractivity contribution in [3.63, 3.8) is 0 Å². The van der Waals surface area contributed by atoms with Crippen LogP contribution >= 0.6 is 11.3 Å². The highest BCUT2D eigenvalue weighted by Gasteiger charge is 2.21. The van der Waals surface area contributed by atoms with Crippen molar-refractivity contribution >= 4 is 23.1 Å². The van der Waals surface area contributed by atoms with Crippen LogP contribution in [-0.4, -0.2) is 28.3 Å². The van der Waals surface area contributed by atoms with Crippen LogP contribution in [-0.2, 0) is 16.7 Å². The molecule has 2 heterocycles. The van der Waals surface area contributed by atoms with Crippen molar-refractivity contribution in [1.29, 1.82) is 0 Å².